The Hall–Kier alpha value is -1.85. The Balaban J connectivity index is 2.04. The molecule has 0 saturated heterocycles. The second-order valence-corrected chi connectivity index (χ2v) is 7.01. The van der Waals surface area contributed by atoms with Crippen LogP contribution in [0.4, 0.5) is 0 Å². The van der Waals surface area contributed by atoms with Crippen LogP contribution in [0.15, 0.2) is 46.8 Å². The maximum absolute atomic E-state index is 11.1. The standard InChI is InChI=1S/C17H16N2OS2/c1-3-21-16-7-6-12(2)9-14(16)15-11-22-17(18-15)19-8-4-5-13(19)10-20/h4-11H,3H2,1-2H3. The van der Waals surface area contributed by atoms with Gasteiger partial charge in [0.05, 0.1) is 11.4 Å². The molecule has 0 bridgehead atoms. The molecule has 0 N–H and O–H groups in total. The SMILES string of the molecule is CCSc1ccc(C)cc1-c1csc(-n2cccc2C=O)n1. The van der Waals surface area contributed by atoms with Crippen LogP contribution in [0.25, 0.3) is 16.4 Å². The van der Waals surface area contributed by atoms with Crippen molar-refractivity contribution in [1.29, 1.82) is 0 Å². The summed E-state index contributed by atoms with van der Waals surface area (Å²) in [5, 5.41) is 2.87. The quantitative estimate of drug-likeness (QED) is 0.497. The van der Waals surface area contributed by atoms with Crippen LogP contribution in [0.3, 0.4) is 0 Å². The van der Waals surface area contributed by atoms with E-state index in [1.807, 2.05) is 28.6 Å². The van der Waals surface area contributed by atoms with Crippen molar-refractivity contribution in [3.8, 4) is 16.4 Å². The van der Waals surface area contributed by atoms with E-state index in [0.29, 0.717) is 5.69 Å². The highest BCUT2D eigenvalue weighted by molar-refractivity contribution is 7.99. The summed E-state index contributed by atoms with van der Waals surface area (Å²) in [4.78, 5) is 17.0. The molecule has 1 aromatic carbocycles. The first-order chi connectivity index (χ1) is 10.7. The van der Waals surface area contributed by atoms with E-state index in [1.54, 1.807) is 17.4 Å². The number of benzene rings is 1. The second-order valence-electron chi connectivity index (χ2n) is 4.87. The second kappa shape index (κ2) is 6.50. The molecule has 0 aliphatic rings. The molecule has 2 aromatic heterocycles. The van der Waals surface area contributed by atoms with Crippen molar-refractivity contribution < 1.29 is 4.79 Å². The molecule has 3 aromatic rings. The Morgan fingerprint density at radius 2 is 2.23 bits per heavy atom. The zero-order chi connectivity index (χ0) is 15.5. The van der Waals surface area contributed by atoms with E-state index in [2.05, 4.69) is 37.4 Å². The van der Waals surface area contributed by atoms with Gasteiger partial charge in [-0.2, -0.15) is 0 Å². The third kappa shape index (κ3) is 2.87. The minimum Gasteiger partial charge on any atom is -0.296 e. The van der Waals surface area contributed by atoms with Crippen LogP contribution < -0.4 is 0 Å². The van der Waals surface area contributed by atoms with Gasteiger partial charge in [0.2, 0.25) is 0 Å². The van der Waals surface area contributed by atoms with Crippen molar-refractivity contribution in [2.24, 2.45) is 0 Å². The van der Waals surface area contributed by atoms with E-state index in [0.717, 1.165) is 28.4 Å². The highest BCUT2D eigenvalue weighted by atomic mass is 32.2. The molecule has 0 unspecified atom stereocenters. The first-order valence-electron chi connectivity index (χ1n) is 7.05. The Morgan fingerprint density at radius 3 is 3.00 bits per heavy atom. The lowest BCUT2D eigenvalue weighted by molar-refractivity contribution is 0.111. The van der Waals surface area contributed by atoms with Crippen molar-refractivity contribution in [3.63, 3.8) is 0 Å². The van der Waals surface area contributed by atoms with Gasteiger partial charge < -0.3 is 0 Å². The third-order valence-electron chi connectivity index (χ3n) is 3.31. The van der Waals surface area contributed by atoms with E-state index < -0.39 is 0 Å². The summed E-state index contributed by atoms with van der Waals surface area (Å²) in [6.45, 7) is 4.24. The minimum atomic E-state index is 0.619. The van der Waals surface area contributed by atoms with Gasteiger partial charge in [-0.05, 0) is 36.9 Å². The third-order valence-corrected chi connectivity index (χ3v) is 5.11. The number of aromatic nitrogens is 2. The number of carbonyl (C=O) groups excluding carboxylic acids is 1. The normalized spacial score (nSPS) is 10.8. The first kappa shape index (κ1) is 15.1. The smallest absolute Gasteiger partial charge is 0.194 e. The zero-order valence-electron chi connectivity index (χ0n) is 12.4. The minimum absolute atomic E-state index is 0.619. The molecule has 5 heteroatoms. The predicted octanol–water partition coefficient (Wildman–Crippen LogP) is 4.83. The Morgan fingerprint density at radius 1 is 1.36 bits per heavy atom. The van der Waals surface area contributed by atoms with E-state index in [4.69, 9.17) is 4.98 Å². The number of hydrogen-bond donors (Lipinski definition) is 0. The average Bonchev–Trinajstić information content (AvgIpc) is 3.17. The van der Waals surface area contributed by atoms with Crippen LogP contribution in [0.5, 0.6) is 0 Å². The van der Waals surface area contributed by atoms with Crippen LogP contribution in [0.1, 0.15) is 23.0 Å². The number of carbonyl (C=O) groups is 1. The van der Waals surface area contributed by atoms with Gasteiger partial charge in [0.15, 0.2) is 11.4 Å². The highest BCUT2D eigenvalue weighted by Gasteiger charge is 2.12. The molecule has 0 fully saturated rings. The molecular weight excluding hydrogens is 312 g/mol. The predicted molar refractivity (Wildman–Crippen MR) is 93.4 cm³/mol. The van der Waals surface area contributed by atoms with Crippen LogP contribution >= 0.6 is 23.1 Å². The van der Waals surface area contributed by atoms with Crippen molar-refractivity contribution in [3.05, 3.63) is 53.2 Å². The molecule has 0 aliphatic heterocycles. The van der Waals surface area contributed by atoms with Crippen molar-refractivity contribution >= 4 is 29.4 Å². The number of rotatable bonds is 5. The largest absolute Gasteiger partial charge is 0.296 e. The van der Waals surface area contributed by atoms with Gasteiger partial charge >= 0.3 is 0 Å². The highest BCUT2D eigenvalue weighted by Crippen LogP contribution is 2.33. The van der Waals surface area contributed by atoms with Gasteiger partial charge in [0.25, 0.3) is 0 Å². The topological polar surface area (TPSA) is 34.9 Å². The van der Waals surface area contributed by atoms with Crippen LogP contribution in [0.2, 0.25) is 0 Å². The van der Waals surface area contributed by atoms with E-state index >= 15 is 0 Å². The van der Waals surface area contributed by atoms with E-state index in [-0.39, 0.29) is 0 Å². The van der Waals surface area contributed by atoms with E-state index in [9.17, 15) is 4.79 Å². The summed E-state index contributed by atoms with van der Waals surface area (Å²) < 4.78 is 1.82. The lowest BCUT2D eigenvalue weighted by Gasteiger charge is -2.07. The summed E-state index contributed by atoms with van der Waals surface area (Å²) in [5.74, 6) is 1.03. The first-order valence-corrected chi connectivity index (χ1v) is 8.91. The molecule has 0 saturated carbocycles. The van der Waals surface area contributed by atoms with Gasteiger partial charge in [0.1, 0.15) is 0 Å². The maximum Gasteiger partial charge on any atom is 0.194 e. The molecule has 0 atom stereocenters. The number of hydrogen-bond acceptors (Lipinski definition) is 4. The zero-order valence-corrected chi connectivity index (χ0v) is 14.1. The molecule has 112 valence electrons. The van der Waals surface area contributed by atoms with Gasteiger partial charge in [-0.3, -0.25) is 9.36 Å². The molecule has 0 amide bonds. The monoisotopic (exact) mass is 328 g/mol. The summed E-state index contributed by atoms with van der Waals surface area (Å²) in [5.41, 5.74) is 3.97. The molecule has 3 rings (SSSR count). The molecule has 0 radical (unpaired) electrons. The molecule has 3 nitrogen and oxygen atoms in total. The molecule has 22 heavy (non-hydrogen) atoms. The van der Waals surface area contributed by atoms with Crippen molar-refractivity contribution in [2.75, 3.05) is 5.75 Å². The van der Waals surface area contributed by atoms with Gasteiger partial charge in [0, 0.05) is 22.0 Å². The number of thiazole rings is 1. The van der Waals surface area contributed by atoms with Crippen molar-refractivity contribution in [1.82, 2.24) is 9.55 Å². The lowest BCUT2D eigenvalue weighted by Crippen LogP contribution is -1.96. The molecular formula is C17H16N2OS2. The average molecular weight is 328 g/mol. The fraction of sp³-hybridized carbons (Fsp3) is 0.176. The fourth-order valence-corrected chi connectivity index (χ4v) is 3.91. The van der Waals surface area contributed by atoms with Crippen LogP contribution in [-0.2, 0) is 0 Å². The van der Waals surface area contributed by atoms with Gasteiger partial charge in [-0.25, -0.2) is 4.98 Å². The number of nitrogens with zero attached hydrogens (tertiary/aromatic N) is 2. The van der Waals surface area contributed by atoms with Gasteiger partial charge in [-0.15, -0.1) is 23.1 Å². The molecule has 0 spiro atoms. The van der Waals surface area contributed by atoms with E-state index in [1.165, 1.54) is 10.5 Å². The number of aldehydes is 1. The number of aryl methyl sites for hydroxylation is 1. The maximum atomic E-state index is 11.1. The Kier molecular flexibility index (Phi) is 4.45. The Bertz CT molecular complexity index is 805. The summed E-state index contributed by atoms with van der Waals surface area (Å²) in [7, 11) is 0. The van der Waals surface area contributed by atoms with Crippen molar-refractivity contribution in [2.45, 2.75) is 18.7 Å². The molecule has 0 aliphatic carbocycles. The fourth-order valence-electron chi connectivity index (χ4n) is 2.29. The molecule has 2 heterocycles. The van der Waals surface area contributed by atoms with Crippen LogP contribution in [-0.4, -0.2) is 21.6 Å². The summed E-state index contributed by atoms with van der Waals surface area (Å²) >= 11 is 3.37. The Labute approximate surface area is 138 Å². The summed E-state index contributed by atoms with van der Waals surface area (Å²) in [6.07, 6.45) is 2.72. The number of thioether (sulfide) groups is 1. The van der Waals surface area contributed by atoms with Gasteiger partial charge in [-0.1, -0.05) is 18.6 Å². The lowest BCUT2D eigenvalue weighted by atomic mass is 10.1. The van der Waals surface area contributed by atoms with Crippen LogP contribution in [0, 0.1) is 6.92 Å². The summed E-state index contributed by atoms with van der Waals surface area (Å²) in [6, 6.07) is 10.1.